The summed E-state index contributed by atoms with van der Waals surface area (Å²) in [5, 5.41) is 8.42. The quantitative estimate of drug-likeness (QED) is 0.567. The zero-order valence-electron chi connectivity index (χ0n) is 9.02. The second kappa shape index (κ2) is 3.99. The fourth-order valence-corrected chi connectivity index (χ4v) is 1.49. The van der Waals surface area contributed by atoms with Crippen LogP contribution in [-0.2, 0) is 0 Å². The van der Waals surface area contributed by atoms with E-state index in [9.17, 15) is 0 Å². The van der Waals surface area contributed by atoms with Gasteiger partial charge in [0.25, 0.3) is 0 Å². The number of nitriles is 1. The van der Waals surface area contributed by atoms with E-state index in [0.29, 0.717) is 0 Å². The molecule has 0 radical (unpaired) electrons. The molecule has 1 rings (SSSR count). The van der Waals surface area contributed by atoms with Crippen LogP contribution >= 0.6 is 0 Å². The lowest BCUT2D eigenvalue weighted by molar-refractivity contribution is 1.22. The van der Waals surface area contributed by atoms with Crippen LogP contribution in [0.15, 0.2) is 6.07 Å². The molecule has 0 aromatic heterocycles. The van der Waals surface area contributed by atoms with Crippen LogP contribution in [-0.4, -0.2) is 0 Å². The molecule has 0 unspecified atom stereocenters. The lowest BCUT2D eigenvalue weighted by Crippen LogP contribution is -1.94. The summed E-state index contributed by atoms with van der Waals surface area (Å²) in [6.45, 7) is 8.23. The third-order valence-corrected chi connectivity index (χ3v) is 2.61. The molecule has 0 fully saturated rings. The van der Waals surface area contributed by atoms with Crippen molar-refractivity contribution in [3.8, 4) is 17.9 Å². The monoisotopic (exact) mass is 183 g/mol. The maximum atomic E-state index is 8.42. The Labute approximate surface area is 85.4 Å². The van der Waals surface area contributed by atoms with Gasteiger partial charge in [-0.3, -0.25) is 0 Å². The standard InChI is InChI=1S/C13H13N/c1-9-8-10(2)12(4)13(11(9)3)6-5-7-14/h8H,1-4H3. The van der Waals surface area contributed by atoms with Gasteiger partial charge in [-0.15, -0.1) is 0 Å². The molecular weight excluding hydrogens is 170 g/mol. The van der Waals surface area contributed by atoms with E-state index in [1.807, 2.05) is 19.9 Å². The minimum absolute atomic E-state index is 1.00. The third-order valence-electron chi connectivity index (χ3n) is 2.61. The summed E-state index contributed by atoms with van der Waals surface area (Å²) in [6, 6.07) is 4.00. The van der Waals surface area contributed by atoms with Crippen LogP contribution in [0.3, 0.4) is 0 Å². The van der Waals surface area contributed by atoms with Gasteiger partial charge in [0.2, 0.25) is 0 Å². The number of aryl methyl sites for hydroxylation is 2. The Bertz CT molecular complexity index is 438. The first kappa shape index (κ1) is 10.4. The van der Waals surface area contributed by atoms with E-state index < -0.39 is 0 Å². The topological polar surface area (TPSA) is 23.8 Å². The Hall–Kier alpha value is -1.73. The number of benzene rings is 1. The molecule has 0 aliphatic rings. The molecule has 0 bridgehead atoms. The summed E-state index contributed by atoms with van der Waals surface area (Å²) in [6.07, 6.45) is 0. The predicted octanol–water partition coefficient (Wildman–Crippen LogP) is 2.80. The van der Waals surface area contributed by atoms with Crippen molar-refractivity contribution in [3.05, 3.63) is 33.9 Å². The molecule has 0 spiro atoms. The van der Waals surface area contributed by atoms with Crippen molar-refractivity contribution >= 4 is 0 Å². The molecule has 1 heteroatoms. The highest BCUT2D eigenvalue weighted by Crippen LogP contribution is 2.20. The lowest BCUT2D eigenvalue weighted by atomic mass is 9.95. The highest BCUT2D eigenvalue weighted by Gasteiger charge is 2.05. The molecule has 1 aromatic carbocycles. The van der Waals surface area contributed by atoms with Crippen LogP contribution in [0, 0.1) is 50.9 Å². The number of hydrogen-bond acceptors (Lipinski definition) is 1. The average molecular weight is 183 g/mol. The van der Waals surface area contributed by atoms with Gasteiger partial charge in [-0.05, 0) is 49.9 Å². The molecule has 0 heterocycles. The van der Waals surface area contributed by atoms with Gasteiger partial charge in [0, 0.05) is 11.5 Å². The molecule has 0 aliphatic carbocycles. The van der Waals surface area contributed by atoms with E-state index in [0.717, 1.165) is 5.56 Å². The summed E-state index contributed by atoms with van der Waals surface area (Å²) < 4.78 is 0. The van der Waals surface area contributed by atoms with Crippen LogP contribution in [0.2, 0.25) is 0 Å². The van der Waals surface area contributed by atoms with E-state index in [-0.39, 0.29) is 0 Å². The molecule has 70 valence electrons. The maximum Gasteiger partial charge on any atom is 0.152 e. The predicted molar refractivity (Wildman–Crippen MR) is 57.9 cm³/mol. The van der Waals surface area contributed by atoms with Crippen LogP contribution < -0.4 is 0 Å². The Morgan fingerprint density at radius 1 is 1.00 bits per heavy atom. The second-order valence-corrected chi connectivity index (χ2v) is 3.50. The molecule has 0 saturated carbocycles. The second-order valence-electron chi connectivity index (χ2n) is 3.50. The van der Waals surface area contributed by atoms with Crippen molar-refractivity contribution in [1.82, 2.24) is 0 Å². The van der Waals surface area contributed by atoms with Crippen molar-refractivity contribution in [1.29, 1.82) is 5.26 Å². The molecule has 0 atom stereocenters. The number of nitrogens with zero attached hydrogens (tertiary/aromatic N) is 1. The zero-order valence-corrected chi connectivity index (χ0v) is 9.02. The summed E-state index contributed by atoms with van der Waals surface area (Å²) >= 11 is 0. The molecule has 1 aromatic rings. The van der Waals surface area contributed by atoms with Crippen LogP contribution in [0.5, 0.6) is 0 Å². The minimum atomic E-state index is 1.00. The summed E-state index contributed by atoms with van der Waals surface area (Å²) in [5.41, 5.74) is 5.82. The van der Waals surface area contributed by atoms with Crippen molar-refractivity contribution < 1.29 is 0 Å². The summed E-state index contributed by atoms with van der Waals surface area (Å²) in [5.74, 6) is 5.36. The Kier molecular flexibility index (Phi) is 2.95. The van der Waals surface area contributed by atoms with Crippen molar-refractivity contribution in [3.63, 3.8) is 0 Å². The van der Waals surface area contributed by atoms with Crippen molar-refractivity contribution in [2.45, 2.75) is 27.7 Å². The number of rotatable bonds is 0. The lowest BCUT2D eigenvalue weighted by Gasteiger charge is -2.09. The molecule has 1 nitrogen and oxygen atoms in total. The van der Waals surface area contributed by atoms with Gasteiger partial charge >= 0.3 is 0 Å². The molecule has 0 N–H and O–H groups in total. The Morgan fingerprint density at radius 2 is 1.50 bits per heavy atom. The van der Waals surface area contributed by atoms with E-state index in [1.165, 1.54) is 22.3 Å². The van der Waals surface area contributed by atoms with Gasteiger partial charge in [0.1, 0.15) is 0 Å². The number of hydrogen-bond donors (Lipinski definition) is 0. The van der Waals surface area contributed by atoms with Gasteiger partial charge in [-0.1, -0.05) is 12.0 Å². The van der Waals surface area contributed by atoms with Crippen LogP contribution in [0.1, 0.15) is 27.8 Å². The van der Waals surface area contributed by atoms with Crippen LogP contribution in [0.4, 0.5) is 0 Å². The minimum Gasteiger partial charge on any atom is -0.183 e. The third kappa shape index (κ3) is 1.78. The van der Waals surface area contributed by atoms with E-state index in [1.54, 1.807) is 0 Å². The van der Waals surface area contributed by atoms with Gasteiger partial charge < -0.3 is 0 Å². The summed E-state index contributed by atoms with van der Waals surface area (Å²) in [4.78, 5) is 0. The van der Waals surface area contributed by atoms with E-state index >= 15 is 0 Å². The van der Waals surface area contributed by atoms with Gasteiger partial charge in [0.05, 0.1) is 0 Å². The van der Waals surface area contributed by atoms with Crippen molar-refractivity contribution in [2.24, 2.45) is 0 Å². The van der Waals surface area contributed by atoms with Gasteiger partial charge in [-0.25, -0.2) is 0 Å². The highest BCUT2D eigenvalue weighted by atomic mass is 14.2. The summed E-state index contributed by atoms with van der Waals surface area (Å²) in [7, 11) is 0. The SMILES string of the molecule is Cc1cc(C)c(C)c(C#CC#N)c1C. The van der Waals surface area contributed by atoms with Crippen molar-refractivity contribution in [2.75, 3.05) is 0 Å². The van der Waals surface area contributed by atoms with Gasteiger partial charge in [0.15, 0.2) is 6.07 Å². The fourth-order valence-electron chi connectivity index (χ4n) is 1.49. The molecule has 0 amide bonds. The first-order valence-electron chi connectivity index (χ1n) is 4.55. The highest BCUT2D eigenvalue weighted by molar-refractivity contribution is 5.53. The maximum absolute atomic E-state index is 8.42. The average Bonchev–Trinajstić information content (AvgIpc) is 2.15. The zero-order chi connectivity index (χ0) is 10.7. The Morgan fingerprint density at radius 3 is 1.93 bits per heavy atom. The fraction of sp³-hybridized carbons (Fsp3) is 0.308. The first-order chi connectivity index (χ1) is 6.57. The van der Waals surface area contributed by atoms with Crippen LogP contribution in [0.25, 0.3) is 0 Å². The van der Waals surface area contributed by atoms with E-state index in [4.69, 9.17) is 5.26 Å². The molecule has 0 saturated heterocycles. The van der Waals surface area contributed by atoms with E-state index in [2.05, 4.69) is 31.8 Å². The normalized spacial score (nSPS) is 8.79. The molecular formula is C13H13N. The first-order valence-corrected chi connectivity index (χ1v) is 4.55. The van der Waals surface area contributed by atoms with Gasteiger partial charge in [-0.2, -0.15) is 5.26 Å². The Balaban J connectivity index is 3.49. The smallest absolute Gasteiger partial charge is 0.152 e. The molecule has 14 heavy (non-hydrogen) atoms. The molecule has 0 aliphatic heterocycles. The largest absolute Gasteiger partial charge is 0.183 e.